The fourth-order valence-corrected chi connectivity index (χ4v) is 4.21. The van der Waals surface area contributed by atoms with E-state index in [0.717, 1.165) is 0 Å². The van der Waals surface area contributed by atoms with Crippen LogP contribution in [0.4, 0.5) is 4.79 Å². The lowest BCUT2D eigenvalue weighted by atomic mass is 9.99. The van der Waals surface area contributed by atoms with Crippen LogP contribution in [0.5, 0.6) is 5.88 Å². The molecule has 0 atom stereocenters. The zero-order valence-corrected chi connectivity index (χ0v) is 15.0. The van der Waals surface area contributed by atoms with Gasteiger partial charge in [0.1, 0.15) is 5.60 Å². The van der Waals surface area contributed by atoms with Crippen LogP contribution in [0.3, 0.4) is 0 Å². The van der Waals surface area contributed by atoms with E-state index in [-0.39, 0.29) is 28.5 Å². The Kier molecular flexibility index (Phi) is 5.37. The lowest BCUT2D eigenvalue weighted by Gasteiger charge is -2.33. The van der Waals surface area contributed by atoms with Crippen molar-refractivity contribution in [2.75, 3.05) is 18.8 Å². The molecule has 0 saturated carbocycles. The molecule has 0 bridgehead atoms. The molecule has 0 radical (unpaired) electrons. The Morgan fingerprint density at radius 1 is 1.33 bits per heavy atom. The third-order valence-corrected chi connectivity index (χ3v) is 5.67. The third kappa shape index (κ3) is 5.09. The molecule has 1 N–H and O–H groups in total. The summed E-state index contributed by atoms with van der Waals surface area (Å²) < 4.78 is 30.1. The first kappa shape index (κ1) is 18.5. The summed E-state index contributed by atoms with van der Waals surface area (Å²) >= 11 is 0. The molecular formula is C16H24N2O5S. The maximum atomic E-state index is 12.4. The zero-order valence-electron chi connectivity index (χ0n) is 14.2. The number of ether oxygens (including phenoxy) is 1. The van der Waals surface area contributed by atoms with Crippen molar-refractivity contribution in [2.24, 2.45) is 5.92 Å². The van der Waals surface area contributed by atoms with Crippen molar-refractivity contribution in [3.63, 3.8) is 0 Å². The van der Waals surface area contributed by atoms with Crippen molar-refractivity contribution >= 4 is 15.9 Å². The van der Waals surface area contributed by atoms with E-state index in [1.165, 1.54) is 18.3 Å². The normalized spacial score (nSPS) is 16.9. The molecule has 1 aliphatic rings. The zero-order chi connectivity index (χ0) is 18.0. The maximum absolute atomic E-state index is 12.4. The first-order valence-electron chi connectivity index (χ1n) is 7.92. The quantitative estimate of drug-likeness (QED) is 0.892. The van der Waals surface area contributed by atoms with E-state index < -0.39 is 15.4 Å². The molecule has 0 aromatic carbocycles. The van der Waals surface area contributed by atoms with E-state index in [0.29, 0.717) is 25.9 Å². The Hall–Kier alpha value is -1.83. The van der Waals surface area contributed by atoms with Gasteiger partial charge in [-0.3, -0.25) is 0 Å². The Morgan fingerprint density at radius 3 is 2.46 bits per heavy atom. The average molecular weight is 356 g/mol. The van der Waals surface area contributed by atoms with Crippen LogP contribution in [0.15, 0.2) is 23.2 Å². The minimum atomic E-state index is -3.45. The summed E-state index contributed by atoms with van der Waals surface area (Å²) in [4.78, 5) is 17.4. The number of hydrogen-bond acceptors (Lipinski definition) is 6. The van der Waals surface area contributed by atoms with Crippen molar-refractivity contribution in [3.05, 3.63) is 18.3 Å². The monoisotopic (exact) mass is 356 g/mol. The average Bonchev–Trinajstić information content (AvgIpc) is 2.46. The van der Waals surface area contributed by atoms with Crippen LogP contribution in [0.2, 0.25) is 0 Å². The van der Waals surface area contributed by atoms with Gasteiger partial charge in [-0.15, -0.1) is 0 Å². The second kappa shape index (κ2) is 6.96. The van der Waals surface area contributed by atoms with Gasteiger partial charge in [0.15, 0.2) is 9.84 Å². The van der Waals surface area contributed by atoms with Gasteiger partial charge in [0.25, 0.3) is 0 Å². The topological polar surface area (TPSA) is 96.8 Å². The highest BCUT2D eigenvalue weighted by Crippen LogP contribution is 2.24. The van der Waals surface area contributed by atoms with Crippen LogP contribution in [-0.4, -0.2) is 53.9 Å². The first-order chi connectivity index (χ1) is 11.1. The molecule has 8 heteroatoms. The van der Waals surface area contributed by atoms with Crippen LogP contribution in [-0.2, 0) is 14.6 Å². The van der Waals surface area contributed by atoms with Gasteiger partial charge in [-0.1, -0.05) is 0 Å². The molecule has 0 spiro atoms. The molecule has 24 heavy (non-hydrogen) atoms. The number of aromatic hydroxyl groups is 1. The smallest absolute Gasteiger partial charge is 0.410 e. The minimum Gasteiger partial charge on any atom is -0.493 e. The summed E-state index contributed by atoms with van der Waals surface area (Å²) in [6.07, 6.45) is 2.04. The number of rotatable bonds is 3. The number of hydrogen-bond donors (Lipinski definition) is 1. The van der Waals surface area contributed by atoms with Crippen molar-refractivity contribution < 1.29 is 23.1 Å². The lowest BCUT2D eigenvalue weighted by Crippen LogP contribution is -2.42. The molecule has 7 nitrogen and oxygen atoms in total. The van der Waals surface area contributed by atoms with Crippen LogP contribution < -0.4 is 0 Å². The summed E-state index contributed by atoms with van der Waals surface area (Å²) in [6, 6.07) is 2.62. The van der Waals surface area contributed by atoms with E-state index in [4.69, 9.17) is 9.84 Å². The highest BCUT2D eigenvalue weighted by atomic mass is 32.2. The predicted octanol–water partition coefficient (Wildman–Crippen LogP) is 2.21. The number of nitrogens with zero attached hydrogens (tertiary/aromatic N) is 2. The SMILES string of the molecule is CC(C)(C)OC(=O)N1CCC(CS(=O)(=O)c2ccc(O)nc2)CC1. The van der Waals surface area contributed by atoms with Crippen LogP contribution in [0, 0.1) is 5.92 Å². The van der Waals surface area contributed by atoms with E-state index >= 15 is 0 Å². The molecule has 134 valence electrons. The Labute approximate surface area is 142 Å². The number of carbonyl (C=O) groups excluding carboxylic acids is 1. The molecular weight excluding hydrogens is 332 g/mol. The van der Waals surface area contributed by atoms with Gasteiger partial charge in [0.2, 0.25) is 5.88 Å². The van der Waals surface area contributed by atoms with Gasteiger partial charge in [0.05, 0.1) is 10.6 Å². The molecule has 0 unspecified atom stereocenters. The molecule has 1 fully saturated rings. The fraction of sp³-hybridized carbons (Fsp3) is 0.625. The number of amides is 1. The van der Waals surface area contributed by atoms with E-state index in [2.05, 4.69) is 4.98 Å². The van der Waals surface area contributed by atoms with E-state index in [1.54, 1.807) is 4.90 Å². The number of likely N-dealkylation sites (tertiary alicyclic amines) is 1. The summed E-state index contributed by atoms with van der Waals surface area (Å²) in [6.45, 7) is 6.42. The minimum absolute atomic E-state index is 0.0116. The van der Waals surface area contributed by atoms with Crippen LogP contribution in [0.1, 0.15) is 33.6 Å². The maximum Gasteiger partial charge on any atom is 0.410 e. The van der Waals surface area contributed by atoms with Gasteiger partial charge in [-0.25, -0.2) is 18.2 Å². The number of sulfone groups is 1. The summed E-state index contributed by atoms with van der Waals surface area (Å²) in [5, 5.41) is 9.15. The Bertz CT molecular complexity index is 671. The van der Waals surface area contributed by atoms with Crippen molar-refractivity contribution in [3.8, 4) is 5.88 Å². The third-order valence-electron chi connectivity index (χ3n) is 3.80. The summed E-state index contributed by atoms with van der Waals surface area (Å²) in [5.41, 5.74) is -0.539. The van der Waals surface area contributed by atoms with Crippen molar-refractivity contribution in [2.45, 2.75) is 44.1 Å². The standard InChI is InChI=1S/C16H24N2O5S/c1-16(2,3)23-15(20)18-8-6-12(7-9-18)11-24(21,22)13-4-5-14(19)17-10-13/h4-5,10,12H,6-9,11H2,1-3H3,(H,17,19). The van der Waals surface area contributed by atoms with Gasteiger partial charge in [-0.2, -0.15) is 0 Å². The number of aromatic nitrogens is 1. The van der Waals surface area contributed by atoms with E-state index in [1.807, 2.05) is 20.8 Å². The molecule has 1 amide bonds. The molecule has 2 rings (SSSR count). The summed E-state index contributed by atoms with van der Waals surface area (Å²) in [5.74, 6) is -0.205. The van der Waals surface area contributed by atoms with Crippen LogP contribution >= 0.6 is 0 Å². The molecule has 1 aliphatic heterocycles. The predicted molar refractivity (Wildman–Crippen MR) is 88.5 cm³/mol. The Balaban J connectivity index is 1.91. The number of carbonyl (C=O) groups is 1. The van der Waals surface area contributed by atoms with Crippen LogP contribution in [0.25, 0.3) is 0 Å². The molecule has 1 aromatic rings. The first-order valence-corrected chi connectivity index (χ1v) is 9.58. The van der Waals surface area contributed by atoms with Gasteiger partial charge >= 0.3 is 6.09 Å². The largest absolute Gasteiger partial charge is 0.493 e. The van der Waals surface area contributed by atoms with Gasteiger partial charge in [0, 0.05) is 25.4 Å². The molecule has 2 heterocycles. The number of pyridine rings is 1. The van der Waals surface area contributed by atoms with Crippen molar-refractivity contribution in [1.29, 1.82) is 0 Å². The second-order valence-electron chi connectivity index (χ2n) is 7.04. The van der Waals surface area contributed by atoms with Crippen molar-refractivity contribution in [1.82, 2.24) is 9.88 Å². The van der Waals surface area contributed by atoms with E-state index in [9.17, 15) is 13.2 Å². The van der Waals surface area contributed by atoms with Gasteiger partial charge < -0.3 is 14.7 Å². The molecule has 1 saturated heterocycles. The van der Waals surface area contributed by atoms with Gasteiger partial charge in [-0.05, 0) is 45.6 Å². The molecule has 0 aliphatic carbocycles. The molecule has 1 aromatic heterocycles. The highest BCUT2D eigenvalue weighted by Gasteiger charge is 2.29. The number of piperidine rings is 1. The highest BCUT2D eigenvalue weighted by molar-refractivity contribution is 7.91. The lowest BCUT2D eigenvalue weighted by molar-refractivity contribution is 0.0191. The summed E-state index contributed by atoms with van der Waals surface area (Å²) in [7, 11) is -3.45. The fourth-order valence-electron chi connectivity index (χ4n) is 2.57. The second-order valence-corrected chi connectivity index (χ2v) is 9.08. The Morgan fingerprint density at radius 2 is 1.96 bits per heavy atom.